The molecular weight excluding hydrogens is 184 g/mol. The minimum atomic E-state index is -0.655. The largest absolute Gasteiger partial charge is 0.394 e. The predicted molar refractivity (Wildman–Crippen MR) is 50.5 cm³/mol. The molecule has 0 saturated heterocycles. The van der Waals surface area contributed by atoms with E-state index >= 15 is 0 Å². The molecule has 1 rings (SSSR count). The fourth-order valence-corrected chi connectivity index (χ4v) is 1.01. The van der Waals surface area contributed by atoms with Crippen molar-refractivity contribution in [1.82, 2.24) is 10.6 Å². The molecule has 14 heavy (non-hydrogen) atoms. The van der Waals surface area contributed by atoms with Gasteiger partial charge in [-0.2, -0.15) is 0 Å². The number of aliphatic hydroxyl groups is 1. The lowest BCUT2D eigenvalue weighted by atomic mass is 10.2. The molecule has 80 valence electrons. The molecule has 0 heterocycles. The first-order valence-electron chi connectivity index (χ1n) is 4.89. The highest BCUT2D eigenvalue weighted by Gasteiger charge is 2.26. The third-order valence-corrected chi connectivity index (χ3v) is 2.17. The average molecular weight is 200 g/mol. The van der Waals surface area contributed by atoms with Crippen molar-refractivity contribution >= 4 is 11.8 Å². The maximum Gasteiger partial charge on any atom is 0.309 e. The summed E-state index contributed by atoms with van der Waals surface area (Å²) in [5.41, 5.74) is 0. The van der Waals surface area contributed by atoms with E-state index in [0.29, 0.717) is 6.42 Å². The molecule has 1 saturated carbocycles. The van der Waals surface area contributed by atoms with Gasteiger partial charge in [-0.1, -0.05) is 6.92 Å². The molecule has 3 N–H and O–H groups in total. The van der Waals surface area contributed by atoms with Gasteiger partial charge in [0.15, 0.2) is 0 Å². The predicted octanol–water partition coefficient (Wildman–Crippen LogP) is -0.848. The van der Waals surface area contributed by atoms with Crippen molar-refractivity contribution in [2.75, 3.05) is 6.61 Å². The van der Waals surface area contributed by atoms with Gasteiger partial charge in [0.1, 0.15) is 0 Å². The van der Waals surface area contributed by atoms with Crippen molar-refractivity contribution in [2.24, 2.45) is 0 Å². The number of rotatable bonds is 4. The summed E-state index contributed by atoms with van der Waals surface area (Å²) in [5.74, 6) is -1.25. The van der Waals surface area contributed by atoms with Gasteiger partial charge in [0.2, 0.25) is 0 Å². The molecule has 1 fully saturated rings. The monoisotopic (exact) mass is 200 g/mol. The molecular formula is C9H16N2O3. The smallest absolute Gasteiger partial charge is 0.309 e. The molecule has 0 aromatic heterocycles. The Balaban J connectivity index is 2.27. The van der Waals surface area contributed by atoms with Crippen LogP contribution in [0.15, 0.2) is 0 Å². The minimum Gasteiger partial charge on any atom is -0.394 e. The Morgan fingerprint density at radius 2 is 2.07 bits per heavy atom. The Labute approximate surface area is 82.9 Å². The normalized spacial score (nSPS) is 17.3. The lowest BCUT2D eigenvalue weighted by molar-refractivity contribution is -0.139. The third-order valence-electron chi connectivity index (χ3n) is 2.17. The van der Waals surface area contributed by atoms with Crippen LogP contribution in [0.25, 0.3) is 0 Å². The van der Waals surface area contributed by atoms with Crippen molar-refractivity contribution < 1.29 is 14.7 Å². The number of carbonyl (C=O) groups excluding carboxylic acids is 2. The van der Waals surface area contributed by atoms with Crippen LogP contribution in [0, 0.1) is 0 Å². The van der Waals surface area contributed by atoms with E-state index in [9.17, 15) is 9.59 Å². The van der Waals surface area contributed by atoms with E-state index < -0.39 is 11.8 Å². The van der Waals surface area contributed by atoms with Gasteiger partial charge in [0.25, 0.3) is 0 Å². The second-order valence-corrected chi connectivity index (χ2v) is 3.51. The van der Waals surface area contributed by atoms with Gasteiger partial charge in [0.05, 0.1) is 12.6 Å². The quantitative estimate of drug-likeness (QED) is 0.517. The summed E-state index contributed by atoms with van der Waals surface area (Å²) in [6, 6.07) is -0.144. The first-order valence-corrected chi connectivity index (χ1v) is 4.89. The summed E-state index contributed by atoms with van der Waals surface area (Å²) in [7, 11) is 0. The second-order valence-electron chi connectivity index (χ2n) is 3.51. The Morgan fingerprint density at radius 3 is 2.50 bits per heavy atom. The molecule has 1 aliphatic carbocycles. The van der Waals surface area contributed by atoms with E-state index in [1.165, 1.54) is 0 Å². The molecule has 0 spiro atoms. The van der Waals surface area contributed by atoms with Crippen LogP contribution in [0.1, 0.15) is 26.2 Å². The van der Waals surface area contributed by atoms with Gasteiger partial charge in [0, 0.05) is 6.04 Å². The van der Waals surface area contributed by atoms with E-state index in [0.717, 1.165) is 12.8 Å². The van der Waals surface area contributed by atoms with Gasteiger partial charge >= 0.3 is 11.8 Å². The molecule has 2 amide bonds. The van der Waals surface area contributed by atoms with Crippen LogP contribution in [0.4, 0.5) is 0 Å². The van der Waals surface area contributed by atoms with Crippen LogP contribution in [0.5, 0.6) is 0 Å². The van der Waals surface area contributed by atoms with Gasteiger partial charge in [-0.05, 0) is 19.3 Å². The Bertz CT molecular complexity index is 222. The molecule has 0 radical (unpaired) electrons. The van der Waals surface area contributed by atoms with Crippen molar-refractivity contribution in [3.05, 3.63) is 0 Å². The molecule has 5 heteroatoms. The fourth-order valence-electron chi connectivity index (χ4n) is 1.01. The highest BCUT2D eigenvalue weighted by atomic mass is 16.3. The minimum absolute atomic E-state index is 0.140. The molecule has 0 bridgehead atoms. The summed E-state index contributed by atoms with van der Waals surface area (Å²) < 4.78 is 0. The van der Waals surface area contributed by atoms with E-state index in [1.54, 1.807) is 0 Å². The average Bonchev–Trinajstić information content (AvgIpc) is 2.97. The highest BCUT2D eigenvalue weighted by molar-refractivity contribution is 6.35. The standard InChI is InChI=1S/C9H16N2O3/c1-2-6(5-12)10-8(13)9(14)11-7-3-4-7/h6-7,12H,2-5H2,1H3,(H,10,13)(H,11,14). The SMILES string of the molecule is CCC(CO)NC(=O)C(=O)NC1CC1. The van der Waals surface area contributed by atoms with Crippen LogP contribution >= 0.6 is 0 Å². The van der Waals surface area contributed by atoms with E-state index in [1.807, 2.05) is 6.92 Å². The van der Waals surface area contributed by atoms with Crippen molar-refractivity contribution in [1.29, 1.82) is 0 Å². The number of aliphatic hydroxyl groups excluding tert-OH is 1. The van der Waals surface area contributed by atoms with E-state index in [2.05, 4.69) is 10.6 Å². The summed E-state index contributed by atoms with van der Waals surface area (Å²) in [6.07, 6.45) is 2.52. The molecule has 1 unspecified atom stereocenters. The number of hydrogen-bond donors (Lipinski definition) is 3. The molecule has 0 aromatic carbocycles. The fraction of sp³-hybridized carbons (Fsp3) is 0.778. The summed E-state index contributed by atoms with van der Waals surface area (Å²) in [4.78, 5) is 22.4. The number of carbonyl (C=O) groups is 2. The van der Waals surface area contributed by atoms with Crippen molar-refractivity contribution in [3.8, 4) is 0 Å². The van der Waals surface area contributed by atoms with E-state index in [-0.39, 0.29) is 18.7 Å². The second kappa shape index (κ2) is 4.95. The van der Waals surface area contributed by atoms with Crippen LogP contribution in [-0.2, 0) is 9.59 Å². The maximum absolute atomic E-state index is 11.2. The summed E-state index contributed by atoms with van der Waals surface area (Å²) in [5, 5.41) is 13.8. The Morgan fingerprint density at radius 1 is 1.43 bits per heavy atom. The molecule has 0 aliphatic heterocycles. The van der Waals surface area contributed by atoms with E-state index in [4.69, 9.17) is 5.11 Å². The molecule has 5 nitrogen and oxygen atoms in total. The highest BCUT2D eigenvalue weighted by Crippen LogP contribution is 2.18. The third kappa shape index (κ3) is 3.33. The zero-order valence-corrected chi connectivity index (χ0v) is 8.25. The van der Waals surface area contributed by atoms with Gasteiger partial charge in [-0.15, -0.1) is 0 Å². The Hall–Kier alpha value is -1.10. The Kier molecular flexibility index (Phi) is 3.88. The van der Waals surface area contributed by atoms with Crippen molar-refractivity contribution in [3.63, 3.8) is 0 Å². The zero-order chi connectivity index (χ0) is 10.6. The van der Waals surface area contributed by atoms with Crippen molar-refractivity contribution in [2.45, 2.75) is 38.3 Å². The van der Waals surface area contributed by atoms with Crippen LogP contribution < -0.4 is 10.6 Å². The zero-order valence-electron chi connectivity index (χ0n) is 8.25. The maximum atomic E-state index is 11.2. The van der Waals surface area contributed by atoms with Crippen LogP contribution in [0.2, 0.25) is 0 Å². The number of nitrogens with one attached hydrogen (secondary N) is 2. The lowest BCUT2D eigenvalue weighted by Gasteiger charge is -2.13. The summed E-state index contributed by atoms with van der Waals surface area (Å²) >= 11 is 0. The lowest BCUT2D eigenvalue weighted by Crippen LogP contribution is -2.46. The topological polar surface area (TPSA) is 78.4 Å². The van der Waals surface area contributed by atoms with Gasteiger partial charge in [-0.3, -0.25) is 9.59 Å². The first kappa shape index (κ1) is 11.0. The molecule has 1 atom stereocenters. The van der Waals surface area contributed by atoms with Crippen LogP contribution in [-0.4, -0.2) is 35.6 Å². The molecule has 0 aromatic rings. The summed E-state index contributed by atoms with van der Waals surface area (Å²) in [6.45, 7) is 1.69. The van der Waals surface area contributed by atoms with Gasteiger partial charge < -0.3 is 15.7 Å². The number of hydrogen-bond acceptors (Lipinski definition) is 3. The molecule has 1 aliphatic rings. The number of amides is 2. The van der Waals surface area contributed by atoms with Crippen LogP contribution in [0.3, 0.4) is 0 Å². The van der Waals surface area contributed by atoms with Gasteiger partial charge in [-0.25, -0.2) is 0 Å². The first-order chi connectivity index (χ1) is 6.67.